The number of nitrogens with zero attached hydrogens (tertiary/aromatic N) is 1. The Morgan fingerprint density at radius 1 is 1.33 bits per heavy atom. The molecule has 0 fully saturated rings. The molecule has 3 nitrogen and oxygen atoms in total. The van der Waals surface area contributed by atoms with E-state index in [2.05, 4.69) is 0 Å². The van der Waals surface area contributed by atoms with Crippen molar-refractivity contribution in [3.8, 4) is 0 Å². The quantitative estimate of drug-likeness (QED) is 0.781. The Balaban J connectivity index is 2.73. The molecule has 1 aromatic carbocycles. The lowest BCUT2D eigenvalue weighted by Crippen LogP contribution is -2.16. The molecule has 2 aromatic rings. The summed E-state index contributed by atoms with van der Waals surface area (Å²) in [6.07, 6.45) is 2.98. The van der Waals surface area contributed by atoms with Gasteiger partial charge in [-0.1, -0.05) is 0 Å². The van der Waals surface area contributed by atoms with E-state index in [1.165, 1.54) is 23.0 Å². The van der Waals surface area contributed by atoms with Gasteiger partial charge in [-0.05, 0) is 36.6 Å². The lowest BCUT2D eigenvalue weighted by molar-refractivity contribution is 0.272. The van der Waals surface area contributed by atoms with Crippen molar-refractivity contribution in [3.63, 3.8) is 0 Å². The fraction of sp³-hybridized carbons (Fsp3) is 0.214. The smallest absolute Gasteiger partial charge is 0.250 e. The highest BCUT2D eigenvalue weighted by atomic mass is 19.1. The van der Waals surface area contributed by atoms with Crippen molar-refractivity contribution in [2.75, 3.05) is 6.61 Å². The summed E-state index contributed by atoms with van der Waals surface area (Å²) in [4.78, 5) is 11.6. The van der Waals surface area contributed by atoms with Gasteiger partial charge in [0.2, 0.25) is 0 Å². The van der Waals surface area contributed by atoms with Crippen LogP contribution in [0.1, 0.15) is 12.5 Å². The van der Waals surface area contributed by atoms with Crippen LogP contribution in [0, 0.1) is 5.82 Å². The zero-order valence-electron chi connectivity index (χ0n) is 10.3. The predicted molar refractivity (Wildman–Crippen MR) is 69.8 cm³/mol. The summed E-state index contributed by atoms with van der Waals surface area (Å²) in [5.74, 6) is -0.375. The van der Waals surface area contributed by atoms with Gasteiger partial charge in [0.15, 0.2) is 0 Å². The van der Waals surface area contributed by atoms with Gasteiger partial charge in [0, 0.05) is 18.7 Å². The minimum absolute atomic E-state index is 0.167. The lowest BCUT2D eigenvalue weighted by atomic mass is 10.1. The van der Waals surface area contributed by atoms with Gasteiger partial charge < -0.3 is 9.30 Å². The molecule has 0 amide bonds. The van der Waals surface area contributed by atoms with Gasteiger partial charge in [-0.3, -0.25) is 4.79 Å². The highest BCUT2D eigenvalue weighted by Gasteiger charge is 2.08. The van der Waals surface area contributed by atoms with Gasteiger partial charge in [0.05, 0.1) is 18.4 Å². The SMILES string of the molecule is CCO/C=C/c1c(F)ccc2ccc(=O)n(C)c12. The van der Waals surface area contributed by atoms with E-state index in [1.807, 2.05) is 6.92 Å². The van der Waals surface area contributed by atoms with Crippen LogP contribution in [0.3, 0.4) is 0 Å². The number of aryl methyl sites for hydroxylation is 1. The van der Waals surface area contributed by atoms with Gasteiger partial charge in [0.25, 0.3) is 5.56 Å². The van der Waals surface area contributed by atoms with E-state index >= 15 is 0 Å². The van der Waals surface area contributed by atoms with Gasteiger partial charge >= 0.3 is 0 Å². The van der Waals surface area contributed by atoms with Gasteiger partial charge in [-0.25, -0.2) is 4.39 Å². The molecule has 0 saturated heterocycles. The summed E-state index contributed by atoms with van der Waals surface area (Å²) < 4.78 is 20.3. The van der Waals surface area contributed by atoms with Crippen LogP contribution in [0.15, 0.2) is 35.3 Å². The standard InChI is InChI=1S/C14H14FNO2/c1-3-18-9-8-11-12(15)6-4-10-5-7-13(17)16(2)14(10)11/h4-9H,3H2,1-2H3/b9-8+. The summed E-state index contributed by atoms with van der Waals surface area (Å²) in [6.45, 7) is 2.36. The molecule has 0 spiro atoms. The maximum atomic E-state index is 13.8. The Labute approximate surface area is 104 Å². The number of fused-ring (bicyclic) bond motifs is 1. The highest BCUT2D eigenvalue weighted by molar-refractivity contribution is 5.87. The summed E-state index contributed by atoms with van der Waals surface area (Å²) in [5.41, 5.74) is 0.763. The van der Waals surface area contributed by atoms with E-state index in [0.717, 1.165) is 5.39 Å². The molecule has 2 rings (SSSR count). The Bertz CT molecular complexity index is 659. The van der Waals surface area contributed by atoms with Crippen LogP contribution < -0.4 is 5.56 Å². The van der Waals surface area contributed by atoms with Crippen LogP contribution in [0.25, 0.3) is 17.0 Å². The molecule has 18 heavy (non-hydrogen) atoms. The first-order valence-corrected chi connectivity index (χ1v) is 5.71. The van der Waals surface area contributed by atoms with E-state index < -0.39 is 0 Å². The number of aromatic nitrogens is 1. The molecule has 0 aliphatic carbocycles. The molecule has 0 aliphatic rings. The van der Waals surface area contributed by atoms with Crippen molar-refractivity contribution in [3.05, 3.63) is 52.3 Å². The zero-order valence-corrected chi connectivity index (χ0v) is 10.3. The van der Waals surface area contributed by atoms with Gasteiger partial charge in [-0.2, -0.15) is 0 Å². The largest absolute Gasteiger partial charge is 0.501 e. The van der Waals surface area contributed by atoms with Crippen molar-refractivity contribution in [1.82, 2.24) is 4.57 Å². The average molecular weight is 247 g/mol. The summed E-state index contributed by atoms with van der Waals surface area (Å²) in [7, 11) is 1.63. The molecule has 0 radical (unpaired) electrons. The van der Waals surface area contributed by atoms with Crippen molar-refractivity contribution >= 4 is 17.0 Å². The molecule has 0 bridgehead atoms. The molecule has 4 heteroatoms. The molecule has 0 saturated carbocycles. The van der Waals surface area contributed by atoms with Crippen LogP contribution in [0.5, 0.6) is 0 Å². The Hall–Kier alpha value is -2.10. The second-order valence-corrected chi connectivity index (χ2v) is 3.89. The number of benzene rings is 1. The molecule has 0 aliphatic heterocycles. The number of hydrogen-bond donors (Lipinski definition) is 0. The first-order chi connectivity index (χ1) is 8.65. The topological polar surface area (TPSA) is 31.2 Å². The molecule has 0 unspecified atom stereocenters. The van der Waals surface area contributed by atoms with Crippen molar-refractivity contribution in [1.29, 1.82) is 0 Å². The normalized spacial score (nSPS) is 11.3. The Kier molecular flexibility index (Phi) is 3.46. The second-order valence-electron chi connectivity index (χ2n) is 3.89. The van der Waals surface area contributed by atoms with E-state index in [1.54, 1.807) is 25.3 Å². The molecule has 0 N–H and O–H groups in total. The van der Waals surface area contributed by atoms with Gasteiger partial charge in [0.1, 0.15) is 5.82 Å². The number of pyridine rings is 1. The van der Waals surface area contributed by atoms with Crippen LogP contribution in [-0.4, -0.2) is 11.2 Å². The zero-order chi connectivity index (χ0) is 13.1. The first-order valence-electron chi connectivity index (χ1n) is 5.71. The minimum atomic E-state index is -0.375. The fourth-order valence-corrected chi connectivity index (χ4v) is 1.86. The minimum Gasteiger partial charge on any atom is -0.501 e. The molecular weight excluding hydrogens is 233 g/mol. The molecule has 1 heterocycles. The molecular formula is C14H14FNO2. The maximum absolute atomic E-state index is 13.8. The third kappa shape index (κ3) is 2.14. The first kappa shape index (κ1) is 12.4. The number of ether oxygens (including phenoxy) is 1. The summed E-state index contributed by atoms with van der Waals surface area (Å²) in [6, 6.07) is 6.20. The van der Waals surface area contributed by atoms with Gasteiger partial charge in [-0.15, -0.1) is 0 Å². The van der Waals surface area contributed by atoms with Crippen molar-refractivity contribution < 1.29 is 9.13 Å². The van der Waals surface area contributed by atoms with Crippen LogP contribution >= 0.6 is 0 Å². The summed E-state index contributed by atoms with van der Waals surface area (Å²) in [5, 5.41) is 0.814. The Morgan fingerprint density at radius 3 is 2.78 bits per heavy atom. The van der Waals surface area contributed by atoms with E-state index in [0.29, 0.717) is 17.7 Å². The molecule has 0 atom stereocenters. The third-order valence-electron chi connectivity index (χ3n) is 2.76. The fourth-order valence-electron chi connectivity index (χ4n) is 1.86. The van der Waals surface area contributed by atoms with E-state index in [4.69, 9.17) is 4.74 Å². The number of hydrogen-bond acceptors (Lipinski definition) is 2. The molecule has 94 valence electrons. The van der Waals surface area contributed by atoms with E-state index in [-0.39, 0.29) is 11.4 Å². The predicted octanol–water partition coefficient (Wildman–Crippen LogP) is 2.68. The highest BCUT2D eigenvalue weighted by Crippen LogP contribution is 2.21. The van der Waals surface area contributed by atoms with E-state index in [9.17, 15) is 9.18 Å². The second kappa shape index (κ2) is 5.04. The van der Waals surface area contributed by atoms with Crippen molar-refractivity contribution in [2.45, 2.75) is 6.92 Å². The third-order valence-corrected chi connectivity index (χ3v) is 2.76. The summed E-state index contributed by atoms with van der Waals surface area (Å²) >= 11 is 0. The molecule has 1 aromatic heterocycles. The Morgan fingerprint density at radius 2 is 2.06 bits per heavy atom. The monoisotopic (exact) mass is 247 g/mol. The van der Waals surface area contributed by atoms with Crippen molar-refractivity contribution in [2.24, 2.45) is 7.05 Å². The maximum Gasteiger partial charge on any atom is 0.250 e. The van der Waals surface area contributed by atoms with Crippen LogP contribution in [-0.2, 0) is 11.8 Å². The van der Waals surface area contributed by atoms with Crippen LogP contribution in [0.4, 0.5) is 4.39 Å². The van der Waals surface area contributed by atoms with Crippen LogP contribution in [0.2, 0.25) is 0 Å². The number of halogens is 1. The lowest BCUT2D eigenvalue weighted by Gasteiger charge is -2.08. The number of rotatable bonds is 3. The average Bonchev–Trinajstić information content (AvgIpc) is 2.36.